The average molecular weight is 493 g/mol. The van der Waals surface area contributed by atoms with Crippen LogP contribution in [0.4, 0.5) is 15.8 Å². The van der Waals surface area contributed by atoms with Crippen LogP contribution in [0.5, 0.6) is 17.2 Å². The number of hydrogen-bond donors (Lipinski definition) is 2. The summed E-state index contributed by atoms with van der Waals surface area (Å²) in [6.45, 7) is 0.543. The van der Waals surface area contributed by atoms with Gasteiger partial charge in [0.25, 0.3) is 15.9 Å². The Kier molecular flexibility index (Phi) is 6.57. The maximum atomic E-state index is 13.0. The molecule has 11 heteroatoms. The van der Waals surface area contributed by atoms with E-state index in [2.05, 4.69) is 10.0 Å². The first-order valence-corrected chi connectivity index (χ1v) is 11.6. The molecule has 0 bridgehead atoms. The molecule has 0 unspecified atom stereocenters. The summed E-state index contributed by atoms with van der Waals surface area (Å²) in [6.07, 6.45) is 0. The maximum Gasteiger partial charge on any atom is 0.262 e. The van der Waals surface area contributed by atoms with Crippen molar-refractivity contribution in [2.24, 2.45) is 0 Å². The minimum absolute atomic E-state index is 0.00381. The molecule has 1 heterocycles. The second-order valence-corrected chi connectivity index (χ2v) is 8.99. The van der Waals surface area contributed by atoms with Crippen molar-refractivity contribution in [1.82, 2.24) is 0 Å². The summed E-state index contributed by atoms with van der Waals surface area (Å²) in [4.78, 5) is 12.1. The molecular formula is C22H18ClFN2O6S. The highest BCUT2D eigenvalue weighted by atomic mass is 35.5. The number of nitrogens with one attached hydrogen (secondary N) is 2. The molecule has 0 atom stereocenters. The molecule has 0 saturated carbocycles. The minimum Gasteiger partial charge on any atom is -0.486 e. The molecule has 33 heavy (non-hydrogen) atoms. The lowest BCUT2D eigenvalue weighted by atomic mass is 10.2. The molecule has 3 aromatic rings. The standard InChI is InChI=1S/C22H18ClFN2O6S/c23-18-12-17(33(28,29)26-15-3-1-14(24)2-4-15)6-8-19(18)32-13-22(27)25-16-5-7-20-21(11-16)31-10-9-30-20/h1-8,11-12,26H,9-10,13H2,(H,25,27). The molecular weight excluding hydrogens is 475 g/mol. The number of rotatable bonds is 7. The summed E-state index contributed by atoms with van der Waals surface area (Å²) in [5.74, 6) is 0.341. The Morgan fingerprint density at radius 1 is 0.970 bits per heavy atom. The van der Waals surface area contributed by atoms with Crippen molar-refractivity contribution in [2.45, 2.75) is 4.90 Å². The number of fused-ring (bicyclic) bond motifs is 1. The van der Waals surface area contributed by atoms with Crippen LogP contribution in [-0.2, 0) is 14.8 Å². The summed E-state index contributed by atoms with van der Waals surface area (Å²) in [6, 6.07) is 13.7. The molecule has 3 aromatic carbocycles. The predicted octanol–water partition coefficient (Wildman–Crippen LogP) is 4.07. The Labute approximate surface area is 194 Å². The number of carbonyl (C=O) groups excluding carboxylic acids is 1. The first kappa shape index (κ1) is 22.7. The third-order valence-electron chi connectivity index (χ3n) is 4.49. The van der Waals surface area contributed by atoms with E-state index in [-0.39, 0.29) is 28.0 Å². The van der Waals surface area contributed by atoms with Gasteiger partial charge < -0.3 is 19.5 Å². The summed E-state index contributed by atoms with van der Waals surface area (Å²) in [5, 5.41) is 2.68. The van der Waals surface area contributed by atoms with E-state index in [0.29, 0.717) is 30.4 Å². The lowest BCUT2D eigenvalue weighted by Gasteiger charge is -2.19. The molecule has 0 aromatic heterocycles. The van der Waals surface area contributed by atoms with Gasteiger partial charge in [0, 0.05) is 17.4 Å². The minimum atomic E-state index is -3.96. The van der Waals surface area contributed by atoms with Crippen LogP contribution in [-0.4, -0.2) is 34.1 Å². The van der Waals surface area contributed by atoms with E-state index in [0.717, 1.165) is 12.1 Å². The molecule has 0 spiro atoms. The fourth-order valence-electron chi connectivity index (χ4n) is 2.96. The van der Waals surface area contributed by atoms with Gasteiger partial charge in [0.05, 0.1) is 9.92 Å². The highest BCUT2D eigenvalue weighted by Gasteiger charge is 2.17. The van der Waals surface area contributed by atoms with Gasteiger partial charge in [-0.15, -0.1) is 0 Å². The molecule has 172 valence electrons. The van der Waals surface area contributed by atoms with E-state index >= 15 is 0 Å². The zero-order chi connectivity index (χ0) is 23.4. The molecule has 1 aliphatic heterocycles. The van der Waals surface area contributed by atoms with Gasteiger partial charge in [-0.1, -0.05) is 11.6 Å². The number of halogens is 2. The van der Waals surface area contributed by atoms with Crippen LogP contribution in [0.3, 0.4) is 0 Å². The summed E-state index contributed by atoms with van der Waals surface area (Å²) < 4.78 is 56.7. The van der Waals surface area contributed by atoms with Crippen LogP contribution in [0, 0.1) is 5.82 Å². The molecule has 0 fully saturated rings. The number of carbonyl (C=O) groups is 1. The quantitative estimate of drug-likeness (QED) is 0.515. The predicted molar refractivity (Wildman–Crippen MR) is 120 cm³/mol. The van der Waals surface area contributed by atoms with E-state index in [1.165, 1.54) is 30.3 Å². The van der Waals surface area contributed by atoms with Crippen LogP contribution in [0.25, 0.3) is 0 Å². The SMILES string of the molecule is O=C(COc1ccc(S(=O)(=O)Nc2ccc(F)cc2)cc1Cl)Nc1ccc2c(c1)OCCO2. The second-order valence-electron chi connectivity index (χ2n) is 6.90. The van der Waals surface area contributed by atoms with Crippen molar-refractivity contribution >= 4 is 38.9 Å². The van der Waals surface area contributed by atoms with E-state index < -0.39 is 21.7 Å². The Hall–Kier alpha value is -3.50. The fourth-order valence-corrected chi connectivity index (χ4v) is 4.34. The normalized spacial score (nSPS) is 12.7. The molecule has 0 radical (unpaired) electrons. The number of sulfonamides is 1. The molecule has 2 N–H and O–H groups in total. The number of ether oxygens (including phenoxy) is 3. The van der Waals surface area contributed by atoms with Gasteiger partial charge >= 0.3 is 0 Å². The van der Waals surface area contributed by atoms with Crippen molar-refractivity contribution in [2.75, 3.05) is 29.9 Å². The Morgan fingerprint density at radius 2 is 1.67 bits per heavy atom. The highest BCUT2D eigenvalue weighted by molar-refractivity contribution is 7.92. The van der Waals surface area contributed by atoms with Gasteiger partial charge in [0.15, 0.2) is 18.1 Å². The van der Waals surface area contributed by atoms with Crippen LogP contribution >= 0.6 is 11.6 Å². The van der Waals surface area contributed by atoms with Gasteiger partial charge in [-0.3, -0.25) is 9.52 Å². The highest BCUT2D eigenvalue weighted by Crippen LogP contribution is 2.33. The second kappa shape index (κ2) is 9.55. The number of amides is 1. The molecule has 1 amide bonds. The van der Waals surface area contributed by atoms with E-state index in [1.54, 1.807) is 18.2 Å². The van der Waals surface area contributed by atoms with E-state index in [4.69, 9.17) is 25.8 Å². The van der Waals surface area contributed by atoms with Crippen molar-refractivity contribution in [3.63, 3.8) is 0 Å². The zero-order valence-corrected chi connectivity index (χ0v) is 18.6. The van der Waals surface area contributed by atoms with Crippen molar-refractivity contribution in [3.8, 4) is 17.2 Å². The van der Waals surface area contributed by atoms with Crippen molar-refractivity contribution in [3.05, 3.63) is 71.5 Å². The van der Waals surface area contributed by atoms with Crippen LogP contribution < -0.4 is 24.2 Å². The lowest BCUT2D eigenvalue weighted by molar-refractivity contribution is -0.118. The number of hydrogen-bond acceptors (Lipinski definition) is 6. The monoisotopic (exact) mass is 492 g/mol. The van der Waals surface area contributed by atoms with Crippen molar-refractivity contribution in [1.29, 1.82) is 0 Å². The van der Waals surface area contributed by atoms with Crippen LogP contribution in [0.2, 0.25) is 5.02 Å². The van der Waals surface area contributed by atoms with E-state index in [9.17, 15) is 17.6 Å². The van der Waals surface area contributed by atoms with Gasteiger partial charge in [0.1, 0.15) is 24.8 Å². The van der Waals surface area contributed by atoms with E-state index in [1.807, 2.05) is 0 Å². The third-order valence-corrected chi connectivity index (χ3v) is 6.17. The van der Waals surface area contributed by atoms with Gasteiger partial charge in [0.2, 0.25) is 0 Å². The molecule has 0 aliphatic carbocycles. The largest absolute Gasteiger partial charge is 0.486 e. The van der Waals surface area contributed by atoms with Crippen LogP contribution in [0.1, 0.15) is 0 Å². The first-order valence-electron chi connectivity index (χ1n) is 9.70. The summed E-state index contributed by atoms with van der Waals surface area (Å²) in [7, 11) is -3.96. The topological polar surface area (TPSA) is 103 Å². The number of benzene rings is 3. The molecule has 1 aliphatic rings. The number of anilines is 2. The Balaban J connectivity index is 1.37. The lowest BCUT2D eigenvalue weighted by Crippen LogP contribution is -2.21. The first-order chi connectivity index (χ1) is 15.8. The molecule has 0 saturated heterocycles. The summed E-state index contributed by atoms with van der Waals surface area (Å²) in [5.41, 5.74) is 0.705. The molecule has 4 rings (SSSR count). The third kappa shape index (κ3) is 5.65. The fraction of sp³-hybridized carbons (Fsp3) is 0.136. The van der Waals surface area contributed by atoms with Gasteiger partial charge in [-0.2, -0.15) is 0 Å². The Bertz CT molecular complexity index is 1280. The zero-order valence-electron chi connectivity index (χ0n) is 17.0. The van der Waals surface area contributed by atoms with Gasteiger partial charge in [-0.25, -0.2) is 12.8 Å². The smallest absolute Gasteiger partial charge is 0.262 e. The summed E-state index contributed by atoms with van der Waals surface area (Å²) >= 11 is 6.15. The maximum absolute atomic E-state index is 13.0. The molecule has 8 nitrogen and oxygen atoms in total. The Morgan fingerprint density at radius 3 is 2.39 bits per heavy atom. The average Bonchev–Trinajstić information content (AvgIpc) is 2.79. The van der Waals surface area contributed by atoms with Crippen molar-refractivity contribution < 1.29 is 31.8 Å². The van der Waals surface area contributed by atoms with Crippen LogP contribution in [0.15, 0.2) is 65.6 Å². The van der Waals surface area contributed by atoms with Gasteiger partial charge in [-0.05, 0) is 54.6 Å².